The summed E-state index contributed by atoms with van der Waals surface area (Å²) in [5.74, 6) is -6.50. The summed E-state index contributed by atoms with van der Waals surface area (Å²) in [4.78, 5) is 56.5. The van der Waals surface area contributed by atoms with E-state index in [0.29, 0.717) is 111 Å². The second kappa shape index (κ2) is 24.2. The molecule has 8 heteroatoms. The van der Waals surface area contributed by atoms with Crippen molar-refractivity contribution in [3.05, 3.63) is 336 Å². The molecule has 0 aliphatic carbocycles. The van der Waals surface area contributed by atoms with E-state index < -0.39 is 35.7 Å². The molecule has 0 heterocycles. The summed E-state index contributed by atoms with van der Waals surface area (Å²) in [6, 6.07) is 90.1. The Labute approximate surface area is 497 Å². The number of carboxylic acids is 4. The van der Waals surface area contributed by atoms with Crippen LogP contribution in [0.15, 0.2) is 291 Å². The van der Waals surface area contributed by atoms with Gasteiger partial charge in [-0.3, -0.25) is 0 Å². The molecular weight excluding hydrogens is 1060 g/mol. The van der Waals surface area contributed by atoms with Crippen LogP contribution in [0.25, 0.3) is 89.0 Å². The molecule has 0 spiro atoms. The first-order chi connectivity index (χ1) is 42.0. The maximum atomic E-state index is 14.1. The first kappa shape index (κ1) is 55.1. The van der Waals surface area contributed by atoms with Gasteiger partial charge in [-0.1, -0.05) is 243 Å². The number of hydrogen-bond donors (Lipinski definition) is 4. The van der Waals surface area contributed by atoms with Crippen molar-refractivity contribution in [2.75, 3.05) is 0 Å². The highest BCUT2D eigenvalue weighted by Gasteiger charge is 2.36. The van der Waals surface area contributed by atoms with Crippen molar-refractivity contribution in [1.82, 2.24) is 0 Å². The van der Waals surface area contributed by atoms with Crippen molar-refractivity contribution in [3.8, 4) is 89.0 Å². The minimum atomic E-state index is -1.15. The van der Waals surface area contributed by atoms with Crippen molar-refractivity contribution in [3.63, 3.8) is 0 Å². The van der Waals surface area contributed by atoms with Crippen molar-refractivity contribution >= 4 is 23.9 Å². The zero-order chi connectivity index (χ0) is 59.3. The minimum absolute atomic E-state index is 0.0599. The Hall–Kier alpha value is -11.5. The predicted octanol–water partition coefficient (Wildman–Crippen LogP) is 18.8. The van der Waals surface area contributed by atoms with Crippen LogP contribution in [0.4, 0.5) is 0 Å². The van der Waals surface area contributed by atoms with Crippen LogP contribution in [-0.4, -0.2) is 44.3 Å². The van der Waals surface area contributed by atoms with Gasteiger partial charge in [-0.05, 0) is 160 Å². The highest BCUT2D eigenvalue weighted by Crippen LogP contribution is 2.52. The topological polar surface area (TPSA) is 149 Å². The molecule has 0 unspecified atom stereocenters. The molecule has 12 aromatic rings. The minimum Gasteiger partial charge on any atom is -0.478 e. The maximum absolute atomic E-state index is 14.1. The molecule has 414 valence electrons. The van der Waals surface area contributed by atoms with E-state index in [0.717, 1.165) is 0 Å². The molecule has 0 saturated carbocycles. The SMILES string of the molecule is O=C(O)c1c(-c2ccccc2)cc(C(c2cc(-c3ccccc3)c(C(=O)O)c(-c3ccccc3)c2)C(c2cc(-c3ccccc3)c(C(=O)O)c(-c3ccccc3)c2)c2cc(-c3ccccc3)c(C(=O)O)c(-c3ccccc3)c2)cc1-c1ccccc1. The van der Waals surface area contributed by atoms with E-state index in [1.165, 1.54) is 0 Å². The monoisotopic (exact) mass is 1120 g/mol. The highest BCUT2D eigenvalue weighted by atomic mass is 16.4. The lowest BCUT2D eigenvalue weighted by molar-refractivity contribution is 0.0687. The third-order valence-corrected chi connectivity index (χ3v) is 15.9. The normalized spacial score (nSPS) is 11.1. The third-order valence-electron chi connectivity index (χ3n) is 15.9. The van der Waals surface area contributed by atoms with Gasteiger partial charge in [-0.15, -0.1) is 0 Å². The fourth-order valence-corrected chi connectivity index (χ4v) is 12.2. The smallest absolute Gasteiger partial charge is 0.336 e. The number of benzene rings is 12. The summed E-state index contributed by atoms with van der Waals surface area (Å²) < 4.78 is 0. The fraction of sp³-hybridized carbons (Fsp3) is 0.0256. The van der Waals surface area contributed by atoms with E-state index >= 15 is 0 Å². The third kappa shape index (κ3) is 10.9. The Bertz CT molecular complexity index is 3660. The molecule has 0 aromatic heterocycles. The van der Waals surface area contributed by atoms with Crippen LogP contribution in [0, 0.1) is 0 Å². The standard InChI is InChI=1S/C78H54O8/c79-75(80)71-61(49-25-9-1-10-26-49)41-57(42-62(71)50-27-11-2-12-28-50)69(58-43-63(51-29-13-3-14-30-51)72(76(81)82)64(44-58)52-31-15-4-16-32-52)70(59-45-65(53-33-17-5-18-34-53)73(77(83)84)66(46-59)54-35-19-6-20-36-54)60-47-67(55-37-21-7-22-38-55)74(78(85)86)68(48-60)56-39-23-8-24-40-56/h1-48,69-70H,(H,79,80)(H,81,82)(H,83,84)(H,85,86). The predicted molar refractivity (Wildman–Crippen MR) is 341 cm³/mol. The van der Waals surface area contributed by atoms with Crippen molar-refractivity contribution in [1.29, 1.82) is 0 Å². The average Bonchev–Trinajstić information content (AvgIpc) is 1.18. The van der Waals surface area contributed by atoms with Gasteiger partial charge in [-0.25, -0.2) is 19.2 Å². The van der Waals surface area contributed by atoms with Crippen LogP contribution in [-0.2, 0) is 0 Å². The Morgan fingerprint density at radius 3 is 0.419 bits per heavy atom. The largest absolute Gasteiger partial charge is 0.478 e. The zero-order valence-corrected chi connectivity index (χ0v) is 46.3. The molecular formula is C78H54O8. The Morgan fingerprint density at radius 1 is 0.198 bits per heavy atom. The van der Waals surface area contributed by atoms with E-state index in [1.54, 1.807) is 0 Å². The molecule has 0 atom stereocenters. The second-order valence-electron chi connectivity index (χ2n) is 21.1. The molecule has 0 amide bonds. The van der Waals surface area contributed by atoms with Gasteiger partial charge in [0.1, 0.15) is 0 Å². The number of carbonyl (C=O) groups is 4. The van der Waals surface area contributed by atoms with Crippen LogP contribution >= 0.6 is 0 Å². The van der Waals surface area contributed by atoms with Gasteiger partial charge in [0, 0.05) is 11.8 Å². The Kier molecular flexibility index (Phi) is 15.5. The maximum Gasteiger partial charge on any atom is 0.336 e. The van der Waals surface area contributed by atoms with Crippen LogP contribution in [0.3, 0.4) is 0 Å². The zero-order valence-electron chi connectivity index (χ0n) is 46.3. The summed E-state index contributed by atoms with van der Waals surface area (Å²) in [6.45, 7) is 0. The van der Waals surface area contributed by atoms with E-state index in [4.69, 9.17) is 0 Å². The molecule has 8 nitrogen and oxygen atoms in total. The molecule has 12 aromatic carbocycles. The first-order valence-corrected chi connectivity index (χ1v) is 28.1. The number of rotatable bonds is 17. The second-order valence-corrected chi connectivity index (χ2v) is 21.1. The summed E-state index contributed by atoms with van der Waals surface area (Å²) in [7, 11) is 0. The van der Waals surface area contributed by atoms with Gasteiger partial charge < -0.3 is 20.4 Å². The molecule has 0 aliphatic heterocycles. The van der Waals surface area contributed by atoms with Gasteiger partial charge in [-0.2, -0.15) is 0 Å². The number of aromatic carboxylic acids is 4. The highest BCUT2D eigenvalue weighted by molar-refractivity contribution is 6.07. The molecule has 4 N–H and O–H groups in total. The Balaban J connectivity index is 1.34. The van der Waals surface area contributed by atoms with E-state index in [9.17, 15) is 39.6 Å². The average molecular weight is 1120 g/mol. The van der Waals surface area contributed by atoms with Gasteiger partial charge >= 0.3 is 23.9 Å². The number of carboxylic acid groups (broad SMARTS) is 4. The summed E-state index contributed by atoms with van der Waals surface area (Å²) in [5, 5.41) is 46.1. The van der Waals surface area contributed by atoms with E-state index in [2.05, 4.69) is 0 Å². The van der Waals surface area contributed by atoms with Crippen LogP contribution in [0.2, 0.25) is 0 Å². The molecule has 86 heavy (non-hydrogen) atoms. The summed E-state index contributed by atoms with van der Waals surface area (Å²) in [5.41, 5.74) is 11.1. The summed E-state index contributed by atoms with van der Waals surface area (Å²) in [6.07, 6.45) is 0. The summed E-state index contributed by atoms with van der Waals surface area (Å²) >= 11 is 0. The quantitative estimate of drug-likeness (QED) is 0.0704. The van der Waals surface area contributed by atoms with Crippen LogP contribution in [0.5, 0.6) is 0 Å². The van der Waals surface area contributed by atoms with Crippen molar-refractivity contribution in [2.45, 2.75) is 11.8 Å². The van der Waals surface area contributed by atoms with Gasteiger partial charge in [0.2, 0.25) is 0 Å². The number of hydrogen-bond acceptors (Lipinski definition) is 4. The van der Waals surface area contributed by atoms with Gasteiger partial charge in [0.15, 0.2) is 0 Å². The van der Waals surface area contributed by atoms with E-state index in [-0.39, 0.29) is 22.3 Å². The lowest BCUT2D eigenvalue weighted by Gasteiger charge is -2.33. The molecule has 0 radical (unpaired) electrons. The van der Waals surface area contributed by atoms with Crippen molar-refractivity contribution in [2.24, 2.45) is 0 Å². The molecule has 0 saturated heterocycles. The Morgan fingerprint density at radius 2 is 0.314 bits per heavy atom. The fourth-order valence-electron chi connectivity index (χ4n) is 12.2. The van der Waals surface area contributed by atoms with Gasteiger partial charge in [0.05, 0.1) is 22.3 Å². The van der Waals surface area contributed by atoms with Crippen molar-refractivity contribution < 1.29 is 39.6 Å². The molecule has 0 bridgehead atoms. The molecule has 0 fully saturated rings. The van der Waals surface area contributed by atoms with Crippen LogP contribution < -0.4 is 0 Å². The van der Waals surface area contributed by atoms with E-state index in [1.807, 2.05) is 291 Å². The molecule has 12 rings (SSSR count). The van der Waals surface area contributed by atoms with Gasteiger partial charge in [0.25, 0.3) is 0 Å². The lowest BCUT2D eigenvalue weighted by Crippen LogP contribution is -2.19. The first-order valence-electron chi connectivity index (χ1n) is 28.1. The van der Waals surface area contributed by atoms with Crippen LogP contribution in [0.1, 0.15) is 75.5 Å². The molecule has 0 aliphatic rings. The lowest BCUT2D eigenvalue weighted by atomic mass is 9.69.